The van der Waals surface area contributed by atoms with Crippen LogP contribution >= 0.6 is 11.6 Å². The standard InChI is InChI=1S/C14H20ClN3O2/c1-14(2,3)18-13(20)9-16-8-12(19)17-11-6-4-5-10(15)7-11/h4-7,16H,8-9H2,1-3H3,(H,17,19)(H,18,20). The van der Waals surface area contributed by atoms with Crippen LogP contribution in [-0.4, -0.2) is 30.4 Å². The number of hydrogen-bond donors (Lipinski definition) is 3. The minimum Gasteiger partial charge on any atom is -0.350 e. The normalized spacial score (nSPS) is 11.0. The molecular weight excluding hydrogens is 278 g/mol. The fraction of sp³-hybridized carbons (Fsp3) is 0.429. The molecule has 0 saturated carbocycles. The van der Waals surface area contributed by atoms with Crippen LogP contribution in [0.25, 0.3) is 0 Å². The number of rotatable bonds is 5. The lowest BCUT2D eigenvalue weighted by Gasteiger charge is -2.20. The van der Waals surface area contributed by atoms with Crippen molar-refractivity contribution >= 4 is 29.1 Å². The predicted molar refractivity (Wildman–Crippen MR) is 80.8 cm³/mol. The van der Waals surface area contributed by atoms with Crippen molar-refractivity contribution in [2.24, 2.45) is 0 Å². The van der Waals surface area contributed by atoms with Crippen LogP contribution in [0.1, 0.15) is 20.8 Å². The van der Waals surface area contributed by atoms with Crippen LogP contribution in [0.2, 0.25) is 5.02 Å². The summed E-state index contributed by atoms with van der Waals surface area (Å²) < 4.78 is 0. The van der Waals surface area contributed by atoms with E-state index in [0.717, 1.165) is 0 Å². The zero-order valence-corrected chi connectivity index (χ0v) is 12.7. The number of anilines is 1. The summed E-state index contributed by atoms with van der Waals surface area (Å²) in [7, 11) is 0. The van der Waals surface area contributed by atoms with Crippen LogP contribution in [0.4, 0.5) is 5.69 Å². The average molecular weight is 298 g/mol. The maximum atomic E-state index is 11.6. The quantitative estimate of drug-likeness (QED) is 0.776. The van der Waals surface area contributed by atoms with Gasteiger partial charge in [-0.25, -0.2) is 0 Å². The molecule has 0 bridgehead atoms. The molecular formula is C14H20ClN3O2. The van der Waals surface area contributed by atoms with Crippen LogP contribution in [0.5, 0.6) is 0 Å². The van der Waals surface area contributed by atoms with Crippen LogP contribution in [0.15, 0.2) is 24.3 Å². The summed E-state index contributed by atoms with van der Waals surface area (Å²) >= 11 is 5.82. The molecule has 1 aromatic rings. The molecule has 3 N–H and O–H groups in total. The highest BCUT2D eigenvalue weighted by atomic mass is 35.5. The number of halogens is 1. The Morgan fingerprint density at radius 2 is 1.80 bits per heavy atom. The van der Waals surface area contributed by atoms with Crippen LogP contribution in [-0.2, 0) is 9.59 Å². The Kier molecular flexibility index (Phi) is 5.98. The summed E-state index contributed by atoms with van der Waals surface area (Å²) in [5.74, 6) is -0.371. The molecule has 6 heteroatoms. The van der Waals surface area contributed by atoms with E-state index in [4.69, 9.17) is 11.6 Å². The maximum Gasteiger partial charge on any atom is 0.238 e. The number of carbonyl (C=O) groups is 2. The first kappa shape index (κ1) is 16.5. The van der Waals surface area contributed by atoms with Gasteiger partial charge in [0.15, 0.2) is 0 Å². The highest BCUT2D eigenvalue weighted by molar-refractivity contribution is 6.30. The zero-order valence-electron chi connectivity index (χ0n) is 11.9. The van der Waals surface area contributed by atoms with Crippen molar-refractivity contribution < 1.29 is 9.59 Å². The number of hydrogen-bond acceptors (Lipinski definition) is 3. The van der Waals surface area contributed by atoms with Gasteiger partial charge in [-0.15, -0.1) is 0 Å². The third kappa shape index (κ3) is 7.11. The van der Waals surface area contributed by atoms with E-state index >= 15 is 0 Å². The molecule has 0 unspecified atom stereocenters. The molecule has 110 valence electrons. The van der Waals surface area contributed by atoms with E-state index in [1.807, 2.05) is 20.8 Å². The molecule has 0 aliphatic carbocycles. The smallest absolute Gasteiger partial charge is 0.238 e. The van der Waals surface area contributed by atoms with E-state index in [2.05, 4.69) is 16.0 Å². The van der Waals surface area contributed by atoms with Gasteiger partial charge in [-0.05, 0) is 39.0 Å². The molecule has 1 rings (SSSR count). The first-order chi connectivity index (χ1) is 9.26. The fourth-order valence-corrected chi connectivity index (χ4v) is 1.71. The molecule has 0 aromatic heterocycles. The molecule has 0 saturated heterocycles. The van der Waals surface area contributed by atoms with Crippen LogP contribution in [0.3, 0.4) is 0 Å². The Balaban J connectivity index is 2.29. The molecule has 0 atom stereocenters. The lowest BCUT2D eigenvalue weighted by molar-refractivity contribution is -0.121. The highest BCUT2D eigenvalue weighted by Gasteiger charge is 2.13. The van der Waals surface area contributed by atoms with E-state index in [-0.39, 0.29) is 30.4 Å². The van der Waals surface area contributed by atoms with Gasteiger partial charge in [0.25, 0.3) is 0 Å². The third-order valence-corrected chi connectivity index (χ3v) is 2.43. The van der Waals surface area contributed by atoms with E-state index in [1.54, 1.807) is 24.3 Å². The van der Waals surface area contributed by atoms with Crippen molar-refractivity contribution in [2.75, 3.05) is 18.4 Å². The second-order valence-corrected chi connectivity index (χ2v) is 5.90. The second kappa shape index (κ2) is 7.26. The van der Waals surface area contributed by atoms with E-state index < -0.39 is 0 Å². The van der Waals surface area contributed by atoms with Crippen molar-refractivity contribution in [2.45, 2.75) is 26.3 Å². The minimum atomic E-state index is -0.276. The SMILES string of the molecule is CC(C)(C)NC(=O)CNCC(=O)Nc1cccc(Cl)c1. The molecule has 0 heterocycles. The zero-order chi connectivity index (χ0) is 15.2. The largest absolute Gasteiger partial charge is 0.350 e. The van der Waals surface area contributed by atoms with Gasteiger partial charge in [-0.2, -0.15) is 0 Å². The molecule has 1 aromatic carbocycles. The predicted octanol–water partition coefficient (Wildman–Crippen LogP) is 1.78. The van der Waals surface area contributed by atoms with Gasteiger partial charge in [0, 0.05) is 16.2 Å². The molecule has 0 aliphatic heterocycles. The molecule has 0 fully saturated rings. The Bertz CT molecular complexity index is 484. The maximum absolute atomic E-state index is 11.6. The summed E-state index contributed by atoms with van der Waals surface area (Å²) in [6, 6.07) is 6.89. The topological polar surface area (TPSA) is 70.2 Å². The van der Waals surface area contributed by atoms with Gasteiger partial charge in [-0.3, -0.25) is 14.9 Å². The first-order valence-electron chi connectivity index (χ1n) is 6.33. The van der Waals surface area contributed by atoms with Crippen molar-refractivity contribution in [3.05, 3.63) is 29.3 Å². The van der Waals surface area contributed by atoms with Gasteiger partial charge in [0.2, 0.25) is 11.8 Å². The van der Waals surface area contributed by atoms with Gasteiger partial charge < -0.3 is 10.6 Å². The summed E-state index contributed by atoms with van der Waals surface area (Å²) in [6.07, 6.45) is 0. The fourth-order valence-electron chi connectivity index (χ4n) is 1.52. The van der Waals surface area contributed by atoms with Gasteiger partial charge >= 0.3 is 0 Å². The van der Waals surface area contributed by atoms with Crippen molar-refractivity contribution in [3.8, 4) is 0 Å². The van der Waals surface area contributed by atoms with Gasteiger partial charge in [0.05, 0.1) is 13.1 Å². The molecule has 20 heavy (non-hydrogen) atoms. The van der Waals surface area contributed by atoms with Crippen molar-refractivity contribution in [1.82, 2.24) is 10.6 Å². The number of nitrogens with one attached hydrogen (secondary N) is 3. The Hall–Kier alpha value is -1.59. The van der Waals surface area contributed by atoms with E-state index in [1.165, 1.54) is 0 Å². The molecule has 0 aliphatic rings. The summed E-state index contributed by atoms with van der Waals surface area (Å²) in [6.45, 7) is 5.86. The Morgan fingerprint density at radius 1 is 1.15 bits per heavy atom. The number of benzene rings is 1. The minimum absolute atomic E-state index is 0.0596. The van der Waals surface area contributed by atoms with Crippen LogP contribution in [0, 0.1) is 0 Å². The van der Waals surface area contributed by atoms with Crippen molar-refractivity contribution in [3.63, 3.8) is 0 Å². The molecule has 0 spiro atoms. The van der Waals surface area contributed by atoms with Crippen LogP contribution < -0.4 is 16.0 Å². The second-order valence-electron chi connectivity index (χ2n) is 5.46. The Labute approximate surface area is 124 Å². The van der Waals surface area contributed by atoms with E-state index in [9.17, 15) is 9.59 Å². The molecule has 5 nitrogen and oxygen atoms in total. The monoisotopic (exact) mass is 297 g/mol. The third-order valence-electron chi connectivity index (χ3n) is 2.19. The lowest BCUT2D eigenvalue weighted by atomic mass is 10.1. The average Bonchev–Trinajstić information content (AvgIpc) is 2.26. The molecule has 0 radical (unpaired) electrons. The van der Waals surface area contributed by atoms with Crippen molar-refractivity contribution in [1.29, 1.82) is 0 Å². The van der Waals surface area contributed by atoms with Gasteiger partial charge in [-0.1, -0.05) is 17.7 Å². The summed E-state index contributed by atoms with van der Waals surface area (Å²) in [5, 5.41) is 8.83. The Morgan fingerprint density at radius 3 is 2.40 bits per heavy atom. The number of carbonyl (C=O) groups excluding carboxylic acids is 2. The first-order valence-corrected chi connectivity index (χ1v) is 6.71. The molecule has 2 amide bonds. The van der Waals surface area contributed by atoms with Gasteiger partial charge in [0.1, 0.15) is 0 Å². The summed E-state index contributed by atoms with van der Waals surface area (Å²) in [5.41, 5.74) is 0.352. The highest BCUT2D eigenvalue weighted by Crippen LogP contribution is 2.14. The van der Waals surface area contributed by atoms with E-state index in [0.29, 0.717) is 10.7 Å². The number of amides is 2. The summed E-state index contributed by atoms with van der Waals surface area (Å²) in [4.78, 5) is 23.2. The lowest BCUT2D eigenvalue weighted by Crippen LogP contribution is -2.45.